The maximum atomic E-state index is 11.8. The molecule has 0 saturated heterocycles. The van der Waals surface area contributed by atoms with Crippen molar-refractivity contribution >= 4 is 29.5 Å². The van der Waals surface area contributed by atoms with Crippen LogP contribution in [-0.2, 0) is 14.8 Å². The summed E-state index contributed by atoms with van der Waals surface area (Å²) >= 11 is 0. The van der Waals surface area contributed by atoms with Gasteiger partial charge in [0.15, 0.2) is 0 Å². The van der Waals surface area contributed by atoms with Crippen LogP contribution in [0.5, 0.6) is 0 Å². The van der Waals surface area contributed by atoms with E-state index in [0.717, 1.165) is 5.56 Å². The van der Waals surface area contributed by atoms with Gasteiger partial charge < -0.3 is 10.8 Å². The quantitative estimate of drug-likeness (QED) is 0.749. The minimum absolute atomic E-state index is 0. The van der Waals surface area contributed by atoms with Crippen molar-refractivity contribution in [2.75, 3.05) is 6.54 Å². The van der Waals surface area contributed by atoms with Gasteiger partial charge in [-0.3, -0.25) is 4.79 Å². The number of carboxylic acid groups (broad SMARTS) is 1. The first-order valence-corrected chi connectivity index (χ1v) is 8.37. The van der Waals surface area contributed by atoms with E-state index in [1.165, 1.54) is 12.1 Å². The van der Waals surface area contributed by atoms with E-state index in [2.05, 4.69) is 0 Å². The first-order chi connectivity index (χ1) is 9.86. The number of hydrogen-bond acceptors (Lipinski definition) is 4. The SMILES string of the molecule is CC.CC.Cc1ccc(S(=O)(=O)N[C@@H](CN)C(=O)O)cc1.S. The molecule has 0 aliphatic rings. The fraction of sp³-hybridized carbons (Fsp3) is 0.500. The summed E-state index contributed by atoms with van der Waals surface area (Å²) in [5.41, 5.74) is 6.09. The summed E-state index contributed by atoms with van der Waals surface area (Å²) in [7, 11) is -3.84. The highest BCUT2D eigenvalue weighted by atomic mass is 32.2. The number of benzene rings is 1. The molecule has 4 N–H and O–H groups in total. The van der Waals surface area contributed by atoms with Gasteiger partial charge in [0.05, 0.1) is 4.90 Å². The van der Waals surface area contributed by atoms with Gasteiger partial charge in [-0.05, 0) is 19.1 Å². The first kappa shape index (κ1) is 25.8. The van der Waals surface area contributed by atoms with Crippen LogP contribution in [0.1, 0.15) is 33.3 Å². The van der Waals surface area contributed by atoms with Gasteiger partial charge in [0.2, 0.25) is 10.0 Å². The molecule has 1 rings (SSSR count). The van der Waals surface area contributed by atoms with Crippen LogP contribution in [0.2, 0.25) is 0 Å². The highest BCUT2D eigenvalue weighted by molar-refractivity contribution is 7.89. The van der Waals surface area contributed by atoms with Crippen LogP contribution >= 0.6 is 13.5 Å². The second-order valence-electron chi connectivity index (χ2n) is 3.56. The summed E-state index contributed by atoms with van der Waals surface area (Å²) < 4.78 is 25.6. The number of hydrogen-bond donors (Lipinski definition) is 3. The molecule has 130 valence electrons. The third kappa shape index (κ3) is 9.04. The van der Waals surface area contributed by atoms with E-state index >= 15 is 0 Å². The van der Waals surface area contributed by atoms with Crippen molar-refractivity contribution in [2.45, 2.75) is 45.6 Å². The molecule has 0 heterocycles. The van der Waals surface area contributed by atoms with Crippen molar-refractivity contribution in [3.63, 3.8) is 0 Å². The van der Waals surface area contributed by atoms with Crippen LogP contribution in [0.25, 0.3) is 0 Å². The average molecular weight is 353 g/mol. The summed E-state index contributed by atoms with van der Waals surface area (Å²) in [6.07, 6.45) is 0. The molecule has 1 atom stereocenters. The van der Waals surface area contributed by atoms with E-state index in [0.29, 0.717) is 0 Å². The van der Waals surface area contributed by atoms with E-state index in [9.17, 15) is 13.2 Å². The highest BCUT2D eigenvalue weighted by Crippen LogP contribution is 2.10. The van der Waals surface area contributed by atoms with Crippen molar-refractivity contribution < 1.29 is 18.3 Å². The number of rotatable bonds is 5. The van der Waals surface area contributed by atoms with Crippen molar-refractivity contribution in [1.29, 1.82) is 0 Å². The lowest BCUT2D eigenvalue weighted by molar-refractivity contribution is -0.138. The molecule has 0 spiro atoms. The molecule has 0 unspecified atom stereocenters. The van der Waals surface area contributed by atoms with Crippen LogP contribution in [0, 0.1) is 6.92 Å². The van der Waals surface area contributed by atoms with Crippen LogP contribution in [0.15, 0.2) is 29.2 Å². The molecule has 0 bridgehead atoms. The molecule has 1 aromatic rings. The van der Waals surface area contributed by atoms with Crippen LogP contribution in [0.3, 0.4) is 0 Å². The predicted octanol–water partition coefficient (Wildman–Crippen LogP) is 1.85. The molecule has 0 saturated carbocycles. The van der Waals surface area contributed by atoms with Gasteiger partial charge in [0.1, 0.15) is 6.04 Å². The topological polar surface area (TPSA) is 109 Å². The van der Waals surface area contributed by atoms with Gasteiger partial charge >= 0.3 is 5.97 Å². The minimum Gasteiger partial charge on any atom is -0.480 e. The number of sulfonamides is 1. The molecule has 0 aliphatic carbocycles. The molecule has 8 heteroatoms. The lowest BCUT2D eigenvalue weighted by Crippen LogP contribution is -2.45. The summed E-state index contributed by atoms with van der Waals surface area (Å²) in [4.78, 5) is 10.7. The number of nitrogens with two attached hydrogens (primary N) is 1. The highest BCUT2D eigenvalue weighted by Gasteiger charge is 2.23. The molecule has 6 nitrogen and oxygen atoms in total. The molecule has 1 aromatic carbocycles. The number of carbonyl (C=O) groups is 1. The van der Waals surface area contributed by atoms with E-state index < -0.39 is 22.0 Å². The van der Waals surface area contributed by atoms with Crippen molar-refractivity contribution in [3.8, 4) is 0 Å². The Hall–Kier alpha value is -1.09. The largest absolute Gasteiger partial charge is 0.480 e. The minimum atomic E-state index is -3.84. The van der Waals surface area contributed by atoms with Gasteiger partial charge in [0.25, 0.3) is 0 Å². The first-order valence-electron chi connectivity index (χ1n) is 6.88. The average Bonchev–Trinajstić information content (AvgIpc) is 2.49. The fourth-order valence-corrected chi connectivity index (χ4v) is 2.37. The third-order valence-corrected chi connectivity index (χ3v) is 3.65. The van der Waals surface area contributed by atoms with Gasteiger partial charge in [-0.2, -0.15) is 18.2 Å². The smallest absolute Gasteiger partial charge is 0.323 e. The Morgan fingerprint density at radius 2 is 1.59 bits per heavy atom. The summed E-state index contributed by atoms with van der Waals surface area (Å²) in [5.74, 6) is -1.30. The van der Waals surface area contributed by atoms with Crippen molar-refractivity contribution in [2.24, 2.45) is 5.73 Å². The number of carboxylic acids is 1. The second kappa shape index (κ2) is 13.6. The predicted molar refractivity (Wildman–Crippen MR) is 95.1 cm³/mol. The molecule has 0 aromatic heterocycles. The lowest BCUT2D eigenvalue weighted by Gasteiger charge is -2.12. The monoisotopic (exact) mass is 352 g/mol. The van der Waals surface area contributed by atoms with Crippen molar-refractivity contribution in [1.82, 2.24) is 4.72 Å². The zero-order valence-corrected chi connectivity index (χ0v) is 15.6. The van der Waals surface area contributed by atoms with Crippen LogP contribution < -0.4 is 10.5 Å². The van der Waals surface area contributed by atoms with Crippen LogP contribution in [0.4, 0.5) is 0 Å². The Balaban J connectivity index is -0.000000665. The maximum absolute atomic E-state index is 11.8. The van der Waals surface area contributed by atoms with E-state index in [1.54, 1.807) is 12.1 Å². The Morgan fingerprint density at radius 3 is 1.91 bits per heavy atom. The number of aliphatic carboxylic acids is 1. The molecule has 0 fully saturated rings. The van der Waals surface area contributed by atoms with E-state index in [4.69, 9.17) is 10.8 Å². The fourth-order valence-electron chi connectivity index (χ4n) is 1.17. The van der Waals surface area contributed by atoms with Gasteiger partial charge in [-0.1, -0.05) is 45.4 Å². The van der Waals surface area contributed by atoms with Crippen molar-refractivity contribution in [3.05, 3.63) is 29.8 Å². The third-order valence-electron chi connectivity index (χ3n) is 2.16. The Kier molecular flexibility index (Phi) is 15.9. The van der Waals surface area contributed by atoms with Gasteiger partial charge in [0, 0.05) is 6.54 Å². The maximum Gasteiger partial charge on any atom is 0.323 e. The summed E-state index contributed by atoms with van der Waals surface area (Å²) in [6.45, 7) is 9.52. The summed E-state index contributed by atoms with van der Waals surface area (Å²) in [6, 6.07) is 4.76. The van der Waals surface area contributed by atoms with E-state index in [1.807, 2.05) is 39.3 Å². The summed E-state index contributed by atoms with van der Waals surface area (Å²) in [5, 5.41) is 8.72. The standard InChI is InChI=1S/C10H14N2O4S.2C2H6.H2S/c1-7-2-4-8(5-3-7)17(15,16)12-9(6-11)10(13)14;2*1-2;/h2-5,9,12H,6,11H2,1H3,(H,13,14);2*1-2H3;1H2/t9-;;;/m0.../s1. The molecular formula is C14H28N2O4S2. The van der Waals surface area contributed by atoms with Crippen LogP contribution in [-0.4, -0.2) is 32.1 Å². The molecule has 0 radical (unpaired) electrons. The van der Waals surface area contributed by atoms with Gasteiger partial charge in [-0.25, -0.2) is 8.42 Å². The van der Waals surface area contributed by atoms with Gasteiger partial charge in [-0.15, -0.1) is 0 Å². The van der Waals surface area contributed by atoms with E-state index in [-0.39, 0.29) is 24.9 Å². The molecule has 0 amide bonds. The number of nitrogens with one attached hydrogen (secondary N) is 1. The molecular weight excluding hydrogens is 324 g/mol. The molecule has 22 heavy (non-hydrogen) atoms. The lowest BCUT2D eigenvalue weighted by atomic mass is 10.2. The Morgan fingerprint density at radius 1 is 1.18 bits per heavy atom. The second-order valence-corrected chi connectivity index (χ2v) is 5.27. The molecule has 0 aliphatic heterocycles. The zero-order chi connectivity index (χ0) is 17.1. The normalized spacial score (nSPS) is 10.8. The zero-order valence-electron chi connectivity index (χ0n) is 13.8. The Labute approximate surface area is 140 Å². The Bertz CT molecular complexity index is 502. The number of aryl methyl sites for hydroxylation is 1.